The SMILES string of the molecule is [2H]C1(CCC2CCC(CCC)CC2)C=CC(I)C([2H])(F)C1([2H])[2H]. The standard InChI is InChI=1S/C17H28FI/c1-2-3-13-4-6-14(7-5-13)8-9-15-10-11-17(19)16(18)12-15/h10-11,13-17H,2-9,12H2,1H3/i12D2,15D,16D. The maximum atomic E-state index is 14.6. The highest BCUT2D eigenvalue weighted by atomic mass is 127. The lowest BCUT2D eigenvalue weighted by atomic mass is 9.77. The van der Waals surface area contributed by atoms with E-state index in [1.54, 1.807) is 22.6 Å². The summed E-state index contributed by atoms with van der Waals surface area (Å²) >= 11 is 1.75. The van der Waals surface area contributed by atoms with Crippen molar-refractivity contribution in [2.45, 2.75) is 74.7 Å². The Kier molecular flexibility index (Phi) is 4.64. The Morgan fingerprint density at radius 1 is 1.16 bits per heavy atom. The van der Waals surface area contributed by atoms with Gasteiger partial charge in [-0.2, -0.15) is 0 Å². The molecule has 0 aromatic carbocycles. The summed E-state index contributed by atoms with van der Waals surface area (Å²) < 4.78 is 46.1. The van der Waals surface area contributed by atoms with Crippen molar-refractivity contribution in [3.63, 3.8) is 0 Å². The number of hydrogen-bond donors (Lipinski definition) is 0. The van der Waals surface area contributed by atoms with Gasteiger partial charge in [0.1, 0.15) is 6.15 Å². The molecule has 19 heavy (non-hydrogen) atoms. The van der Waals surface area contributed by atoms with E-state index >= 15 is 0 Å². The lowest BCUT2D eigenvalue weighted by molar-refractivity contribution is 0.230. The molecule has 2 heteroatoms. The molecule has 0 N–H and O–H groups in total. The second kappa shape index (κ2) is 7.99. The third-order valence-corrected chi connectivity index (χ3v) is 5.44. The Hall–Kier alpha value is 0.400. The lowest BCUT2D eigenvalue weighted by Crippen LogP contribution is -2.22. The molecule has 0 aromatic heterocycles. The van der Waals surface area contributed by atoms with Gasteiger partial charge in [0.2, 0.25) is 0 Å². The molecule has 1 fully saturated rings. The Labute approximate surface area is 137 Å². The highest BCUT2D eigenvalue weighted by molar-refractivity contribution is 14.1. The van der Waals surface area contributed by atoms with Crippen LogP contribution in [0.25, 0.3) is 0 Å². The second-order valence-corrected chi connectivity index (χ2v) is 7.32. The van der Waals surface area contributed by atoms with Gasteiger partial charge in [-0.25, -0.2) is 4.39 Å². The van der Waals surface area contributed by atoms with Crippen LogP contribution in [0.5, 0.6) is 0 Å². The van der Waals surface area contributed by atoms with Crippen molar-refractivity contribution in [2.75, 3.05) is 0 Å². The number of rotatable bonds is 5. The maximum absolute atomic E-state index is 14.6. The van der Waals surface area contributed by atoms with Crippen LogP contribution in [0.3, 0.4) is 0 Å². The van der Waals surface area contributed by atoms with Crippen LogP contribution in [0.1, 0.15) is 70.1 Å². The molecule has 3 unspecified atom stereocenters. The third-order valence-electron chi connectivity index (χ3n) is 4.47. The molecule has 0 aliphatic heterocycles. The minimum Gasteiger partial charge on any atom is -0.246 e. The van der Waals surface area contributed by atoms with E-state index in [4.69, 9.17) is 5.48 Å². The summed E-state index contributed by atoms with van der Waals surface area (Å²) in [4.78, 5) is 0. The summed E-state index contributed by atoms with van der Waals surface area (Å²) in [6.07, 6.45) is 6.09. The van der Waals surface area contributed by atoms with Gasteiger partial charge in [-0.05, 0) is 36.9 Å². The molecule has 1 saturated carbocycles. The van der Waals surface area contributed by atoms with Gasteiger partial charge in [0.05, 0.1) is 5.30 Å². The molecule has 0 amide bonds. The van der Waals surface area contributed by atoms with Crippen molar-refractivity contribution in [1.82, 2.24) is 0 Å². The zero-order chi connectivity index (χ0) is 17.3. The summed E-state index contributed by atoms with van der Waals surface area (Å²) in [7, 11) is 0. The predicted octanol–water partition coefficient (Wildman–Crippen LogP) is 6.09. The maximum Gasteiger partial charge on any atom is 0.116 e. The third kappa shape index (κ3) is 5.02. The van der Waals surface area contributed by atoms with Crippen LogP contribution < -0.4 is 0 Å². The first-order valence-electron chi connectivity index (χ1n) is 9.66. The normalized spacial score (nSPS) is 52.9. The average Bonchev–Trinajstić information content (AvgIpc) is 2.50. The van der Waals surface area contributed by atoms with Crippen molar-refractivity contribution < 1.29 is 9.87 Å². The first-order chi connectivity index (χ1) is 10.6. The van der Waals surface area contributed by atoms with Crippen LogP contribution >= 0.6 is 22.6 Å². The van der Waals surface area contributed by atoms with Gasteiger partial charge in [0.15, 0.2) is 0 Å². The first kappa shape index (κ1) is 11.0. The number of hydrogen-bond acceptors (Lipinski definition) is 0. The zero-order valence-electron chi connectivity index (χ0n) is 15.8. The molecule has 0 bridgehead atoms. The van der Waals surface area contributed by atoms with Crippen molar-refractivity contribution >= 4 is 22.6 Å². The van der Waals surface area contributed by atoms with Gasteiger partial charge in [0.25, 0.3) is 0 Å². The molecule has 0 radical (unpaired) electrons. The van der Waals surface area contributed by atoms with Crippen molar-refractivity contribution in [3.05, 3.63) is 12.2 Å². The van der Waals surface area contributed by atoms with Gasteiger partial charge in [-0.15, -0.1) is 0 Å². The Bertz CT molecular complexity index is 432. The molecule has 0 saturated heterocycles. The van der Waals surface area contributed by atoms with Gasteiger partial charge in [-0.3, -0.25) is 0 Å². The van der Waals surface area contributed by atoms with E-state index in [1.807, 2.05) is 0 Å². The fourth-order valence-electron chi connectivity index (χ4n) is 3.27. The molecule has 110 valence electrons. The number of halogens is 2. The fourth-order valence-corrected chi connectivity index (χ4v) is 3.63. The first-order valence-corrected chi connectivity index (χ1v) is 8.91. The predicted molar refractivity (Wildman–Crippen MR) is 89.5 cm³/mol. The van der Waals surface area contributed by atoms with E-state index < -0.39 is 22.3 Å². The van der Waals surface area contributed by atoms with Crippen LogP contribution in [0, 0.1) is 17.7 Å². The Morgan fingerprint density at radius 2 is 1.79 bits per heavy atom. The molecular formula is C17H28FI. The minimum absolute atomic E-state index is 0.299. The molecular weight excluding hydrogens is 350 g/mol. The molecule has 2 aliphatic carbocycles. The van der Waals surface area contributed by atoms with Gasteiger partial charge >= 0.3 is 0 Å². The van der Waals surface area contributed by atoms with Gasteiger partial charge in [-0.1, -0.05) is 80.2 Å². The quantitative estimate of drug-likeness (QED) is 0.307. The van der Waals surface area contributed by atoms with E-state index in [2.05, 4.69) is 6.92 Å². The highest BCUT2D eigenvalue weighted by Crippen LogP contribution is 2.36. The molecule has 2 aliphatic rings. The fraction of sp³-hybridized carbons (Fsp3) is 0.882. The van der Waals surface area contributed by atoms with Gasteiger partial charge in [0, 0.05) is 4.11 Å². The van der Waals surface area contributed by atoms with E-state index in [9.17, 15) is 4.39 Å². The zero-order valence-corrected chi connectivity index (χ0v) is 14.0. The second-order valence-electron chi connectivity index (χ2n) is 5.97. The lowest BCUT2D eigenvalue weighted by Gasteiger charge is -2.30. The summed E-state index contributed by atoms with van der Waals surface area (Å²) in [5.74, 6) is -0.286. The topological polar surface area (TPSA) is 0 Å². The van der Waals surface area contributed by atoms with Crippen LogP contribution in [0.15, 0.2) is 12.2 Å². The largest absolute Gasteiger partial charge is 0.246 e. The van der Waals surface area contributed by atoms with E-state index in [-0.39, 0.29) is 0 Å². The molecule has 3 atom stereocenters. The van der Waals surface area contributed by atoms with Crippen LogP contribution in [-0.2, 0) is 0 Å². The Morgan fingerprint density at radius 3 is 2.42 bits per heavy atom. The summed E-state index contributed by atoms with van der Waals surface area (Å²) in [5, 5.41) is 0. The average molecular weight is 382 g/mol. The van der Waals surface area contributed by atoms with Crippen LogP contribution in [-0.4, -0.2) is 10.1 Å². The molecule has 0 spiro atoms. The molecule has 0 heterocycles. The number of allylic oxidation sites excluding steroid dienone is 2. The van der Waals surface area contributed by atoms with Gasteiger partial charge < -0.3 is 0 Å². The van der Waals surface area contributed by atoms with Crippen molar-refractivity contribution in [1.29, 1.82) is 0 Å². The van der Waals surface area contributed by atoms with Crippen LogP contribution in [0.2, 0.25) is 0 Å². The van der Waals surface area contributed by atoms with Crippen molar-refractivity contribution in [3.8, 4) is 0 Å². The Balaban J connectivity index is 1.96. The monoisotopic (exact) mass is 382 g/mol. The molecule has 0 nitrogen and oxygen atoms in total. The minimum atomic E-state index is -2.75. The molecule has 0 aromatic rings. The van der Waals surface area contributed by atoms with E-state index in [1.165, 1.54) is 37.8 Å². The smallest absolute Gasteiger partial charge is 0.116 e. The molecule has 2 rings (SSSR count). The van der Waals surface area contributed by atoms with Crippen molar-refractivity contribution in [2.24, 2.45) is 17.7 Å². The van der Waals surface area contributed by atoms with Crippen LogP contribution in [0.4, 0.5) is 4.39 Å². The highest BCUT2D eigenvalue weighted by Gasteiger charge is 2.26. The summed E-state index contributed by atoms with van der Waals surface area (Å²) in [6.45, 7) is 2.22. The summed E-state index contributed by atoms with van der Waals surface area (Å²) in [6, 6.07) is 0. The van der Waals surface area contributed by atoms with E-state index in [0.29, 0.717) is 12.3 Å². The summed E-state index contributed by atoms with van der Waals surface area (Å²) in [5.41, 5.74) is 0. The van der Waals surface area contributed by atoms with E-state index in [0.717, 1.165) is 25.2 Å². The number of alkyl halides is 2.